The van der Waals surface area contributed by atoms with Crippen LogP contribution < -0.4 is 16.7 Å². The van der Waals surface area contributed by atoms with Gasteiger partial charge in [0.05, 0.1) is 22.5 Å². The zero-order valence-electron chi connectivity index (χ0n) is 12.2. The Hall–Kier alpha value is -2.90. The van der Waals surface area contributed by atoms with Crippen LogP contribution in [0, 0.1) is 0 Å². The minimum Gasteiger partial charge on any atom is -0.288 e. The summed E-state index contributed by atoms with van der Waals surface area (Å²) in [5.74, 6) is -0.659. The molecule has 0 spiro atoms. The highest BCUT2D eigenvalue weighted by atomic mass is 35.5. The highest BCUT2D eigenvalue weighted by Crippen LogP contribution is 2.20. The molecule has 0 saturated carbocycles. The zero-order valence-corrected chi connectivity index (χ0v) is 13.0. The zero-order chi connectivity index (χ0) is 17.3. The van der Waals surface area contributed by atoms with Crippen molar-refractivity contribution < 1.29 is 10.0 Å². The second-order valence-electron chi connectivity index (χ2n) is 5.12. The van der Waals surface area contributed by atoms with Gasteiger partial charge in [-0.25, -0.2) is 10.3 Å². The third kappa shape index (κ3) is 2.82. The second kappa shape index (κ2) is 6.31. The molecule has 3 rings (SSSR count). The Morgan fingerprint density at radius 1 is 1.21 bits per heavy atom. The molecule has 8 heteroatoms. The topological polar surface area (TPSA) is 104 Å². The average Bonchev–Trinajstić information content (AvgIpc) is 2.58. The van der Waals surface area contributed by atoms with Gasteiger partial charge in [0.15, 0.2) is 0 Å². The minimum atomic E-state index is -0.659. The number of carbonyl (C=O) groups excluding carboxylic acids is 1. The monoisotopic (exact) mass is 345 g/mol. The van der Waals surface area contributed by atoms with Crippen molar-refractivity contribution in [2.45, 2.75) is 6.54 Å². The molecule has 0 saturated heterocycles. The molecular formula is C16H12ClN3O4. The maximum absolute atomic E-state index is 12.2. The predicted octanol–water partition coefficient (Wildman–Crippen LogP) is 1.51. The van der Waals surface area contributed by atoms with Crippen molar-refractivity contribution in [3.63, 3.8) is 0 Å². The van der Waals surface area contributed by atoms with Crippen LogP contribution in [-0.2, 0) is 6.54 Å². The van der Waals surface area contributed by atoms with Crippen LogP contribution in [0.2, 0.25) is 5.02 Å². The maximum Gasteiger partial charge on any atom is 0.329 e. The van der Waals surface area contributed by atoms with Crippen molar-refractivity contribution in [1.29, 1.82) is 0 Å². The van der Waals surface area contributed by atoms with Gasteiger partial charge in [0.1, 0.15) is 0 Å². The molecule has 3 N–H and O–H groups in total. The number of nitrogens with one attached hydrogen (secondary N) is 2. The van der Waals surface area contributed by atoms with Crippen molar-refractivity contribution in [3.8, 4) is 0 Å². The first-order valence-electron chi connectivity index (χ1n) is 6.96. The van der Waals surface area contributed by atoms with E-state index in [1.54, 1.807) is 35.8 Å². The molecule has 0 bridgehead atoms. The first-order valence-corrected chi connectivity index (χ1v) is 7.34. The van der Waals surface area contributed by atoms with Gasteiger partial charge in [0.25, 0.3) is 11.5 Å². The summed E-state index contributed by atoms with van der Waals surface area (Å²) in [6.07, 6.45) is 0. The quantitative estimate of drug-likeness (QED) is 0.494. The fourth-order valence-electron chi connectivity index (χ4n) is 2.52. The van der Waals surface area contributed by atoms with Gasteiger partial charge in [-0.2, -0.15) is 0 Å². The number of hydrogen-bond donors (Lipinski definition) is 3. The van der Waals surface area contributed by atoms with Gasteiger partial charge in [-0.3, -0.25) is 24.3 Å². The van der Waals surface area contributed by atoms with Crippen LogP contribution in [0.3, 0.4) is 0 Å². The van der Waals surface area contributed by atoms with E-state index in [9.17, 15) is 14.4 Å². The summed E-state index contributed by atoms with van der Waals surface area (Å²) >= 11 is 6.17. The number of amides is 1. The summed E-state index contributed by atoms with van der Waals surface area (Å²) in [5.41, 5.74) is 1.64. The number of para-hydroxylation sites is 1. The summed E-state index contributed by atoms with van der Waals surface area (Å²) in [6.45, 7) is 0.0996. The molecule has 0 radical (unpaired) electrons. The molecule has 1 aromatic heterocycles. The van der Waals surface area contributed by atoms with E-state index >= 15 is 0 Å². The molecule has 2 aromatic carbocycles. The molecule has 0 aliphatic carbocycles. The molecule has 0 unspecified atom stereocenters. The molecule has 122 valence electrons. The number of halogens is 1. The van der Waals surface area contributed by atoms with E-state index in [0.717, 1.165) is 0 Å². The molecule has 0 aliphatic heterocycles. The summed E-state index contributed by atoms with van der Waals surface area (Å²) in [6, 6.07) is 11.2. The highest BCUT2D eigenvalue weighted by molar-refractivity contribution is 6.35. The summed E-state index contributed by atoms with van der Waals surface area (Å²) < 4.78 is 1.33. The number of carbonyl (C=O) groups is 1. The van der Waals surface area contributed by atoms with E-state index in [2.05, 4.69) is 4.98 Å². The smallest absolute Gasteiger partial charge is 0.288 e. The number of aromatic nitrogens is 2. The van der Waals surface area contributed by atoms with E-state index < -0.39 is 17.2 Å². The first kappa shape index (κ1) is 16.0. The Labute approximate surface area is 140 Å². The standard InChI is InChI=1S/C16H12ClN3O4/c17-12-6-2-5-11-13(12)20(16(23)18-15(11)22)8-9-3-1-4-10(7-9)14(21)19-24/h1-7,24H,8H2,(H,19,21)(H,18,22,23). The molecule has 1 amide bonds. The third-order valence-corrected chi connectivity index (χ3v) is 3.90. The van der Waals surface area contributed by atoms with E-state index in [4.69, 9.17) is 16.8 Å². The SMILES string of the molecule is O=C(NO)c1cccc(Cn2c(=O)[nH]c(=O)c3cccc(Cl)c32)c1. The highest BCUT2D eigenvalue weighted by Gasteiger charge is 2.12. The number of hydroxylamine groups is 1. The van der Waals surface area contributed by atoms with E-state index in [-0.39, 0.29) is 17.1 Å². The Kier molecular flexibility index (Phi) is 4.20. The van der Waals surface area contributed by atoms with Gasteiger partial charge >= 0.3 is 5.69 Å². The van der Waals surface area contributed by atoms with Gasteiger partial charge in [-0.05, 0) is 29.8 Å². The largest absolute Gasteiger partial charge is 0.329 e. The Bertz CT molecular complexity index is 1060. The Morgan fingerprint density at radius 3 is 2.71 bits per heavy atom. The van der Waals surface area contributed by atoms with Crippen molar-refractivity contribution >= 4 is 28.4 Å². The van der Waals surface area contributed by atoms with Crippen molar-refractivity contribution in [2.75, 3.05) is 0 Å². The number of nitrogens with zero attached hydrogens (tertiary/aromatic N) is 1. The number of benzene rings is 2. The van der Waals surface area contributed by atoms with Gasteiger partial charge in [0, 0.05) is 5.56 Å². The summed E-state index contributed by atoms with van der Waals surface area (Å²) in [5, 5.41) is 9.28. The van der Waals surface area contributed by atoms with Crippen LogP contribution in [-0.4, -0.2) is 20.7 Å². The van der Waals surface area contributed by atoms with Gasteiger partial charge < -0.3 is 0 Å². The minimum absolute atomic E-state index is 0.0996. The van der Waals surface area contributed by atoms with E-state index in [1.807, 2.05) is 0 Å². The lowest BCUT2D eigenvalue weighted by Crippen LogP contribution is -2.31. The predicted molar refractivity (Wildman–Crippen MR) is 88.6 cm³/mol. The summed E-state index contributed by atoms with van der Waals surface area (Å²) in [4.78, 5) is 37.9. The molecule has 0 aliphatic rings. The number of fused-ring (bicyclic) bond motifs is 1. The molecule has 24 heavy (non-hydrogen) atoms. The molecule has 7 nitrogen and oxygen atoms in total. The van der Waals surface area contributed by atoms with Crippen LogP contribution >= 0.6 is 11.6 Å². The van der Waals surface area contributed by atoms with Crippen LogP contribution in [0.4, 0.5) is 0 Å². The lowest BCUT2D eigenvalue weighted by Gasteiger charge is -2.11. The van der Waals surface area contributed by atoms with E-state index in [0.29, 0.717) is 16.5 Å². The van der Waals surface area contributed by atoms with Gasteiger partial charge in [0.2, 0.25) is 0 Å². The summed E-state index contributed by atoms with van der Waals surface area (Å²) in [7, 11) is 0. The number of aromatic amines is 1. The van der Waals surface area contributed by atoms with Crippen molar-refractivity contribution in [3.05, 3.63) is 79.5 Å². The van der Waals surface area contributed by atoms with Crippen LogP contribution in [0.25, 0.3) is 10.9 Å². The second-order valence-corrected chi connectivity index (χ2v) is 5.53. The Morgan fingerprint density at radius 2 is 1.96 bits per heavy atom. The van der Waals surface area contributed by atoms with Crippen molar-refractivity contribution in [1.82, 2.24) is 15.0 Å². The third-order valence-electron chi connectivity index (χ3n) is 3.60. The maximum atomic E-state index is 12.2. The van der Waals surface area contributed by atoms with Gasteiger partial charge in [-0.1, -0.05) is 29.8 Å². The molecule has 1 heterocycles. The van der Waals surface area contributed by atoms with Crippen LogP contribution in [0.15, 0.2) is 52.1 Å². The fourth-order valence-corrected chi connectivity index (χ4v) is 2.79. The average molecular weight is 346 g/mol. The van der Waals surface area contributed by atoms with Crippen molar-refractivity contribution in [2.24, 2.45) is 0 Å². The molecule has 0 atom stereocenters. The van der Waals surface area contributed by atoms with E-state index in [1.165, 1.54) is 16.7 Å². The lowest BCUT2D eigenvalue weighted by atomic mass is 10.1. The first-order chi connectivity index (χ1) is 11.5. The number of H-pyrrole nitrogens is 1. The number of rotatable bonds is 3. The van der Waals surface area contributed by atoms with Crippen LogP contribution in [0.5, 0.6) is 0 Å². The number of hydrogen-bond acceptors (Lipinski definition) is 4. The normalized spacial score (nSPS) is 10.8. The molecule has 0 fully saturated rings. The Balaban J connectivity index is 2.16. The molecule has 3 aromatic rings. The fraction of sp³-hybridized carbons (Fsp3) is 0.0625. The van der Waals surface area contributed by atoms with Crippen LogP contribution in [0.1, 0.15) is 15.9 Å². The molecular weight excluding hydrogens is 334 g/mol. The van der Waals surface area contributed by atoms with Gasteiger partial charge in [-0.15, -0.1) is 0 Å². The lowest BCUT2D eigenvalue weighted by molar-refractivity contribution is 0.0706.